The van der Waals surface area contributed by atoms with Gasteiger partial charge in [0.25, 0.3) is 11.8 Å². The standard InChI is InChI=1S/C11H11N5O2S/c12-14-10(17)7-4-5-8(19-7)11(18)16-15-9-3-1-2-6-13-9/h1-6H,12H2,(H,13,15)(H,14,17)(H,16,18). The highest BCUT2D eigenvalue weighted by atomic mass is 32.1. The van der Waals surface area contributed by atoms with Crippen molar-refractivity contribution in [2.24, 2.45) is 5.84 Å². The van der Waals surface area contributed by atoms with Gasteiger partial charge in [0.2, 0.25) is 0 Å². The van der Waals surface area contributed by atoms with Gasteiger partial charge >= 0.3 is 0 Å². The summed E-state index contributed by atoms with van der Waals surface area (Å²) < 4.78 is 0. The van der Waals surface area contributed by atoms with Crippen LogP contribution < -0.4 is 22.1 Å². The van der Waals surface area contributed by atoms with E-state index in [-0.39, 0.29) is 5.91 Å². The van der Waals surface area contributed by atoms with Crippen molar-refractivity contribution in [1.82, 2.24) is 15.8 Å². The average molecular weight is 277 g/mol. The van der Waals surface area contributed by atoms with Gasteiger partial charge < -0.3 is 0 Å². The van der Waals surface area contributed by atoms with E-state index in [0.717, 1.165) is 11.3 Å². The molecule has 0 saturated carbocycles. The van der Waals surface area contributed by atoms with Crippen LogP contribution >= 0.6 is 11.3 Å². The van der Waals surface area contributed by atoms with Crippen LogP contribution in [-0.2, 0) is 0 Å². The number of anilines is 1. The molecular formula is C11H11N5O2S. The van der Waals surface area contributed by atoms with Crippen LogP contribution in [0.25, 0.3) is 0 Å². The minimum atomic E-state index is -0.429. The Morgan fingerprint density at radius 1 is 1.11 bits per heavy atom. The van der Waals surface area contributed by atoms with E-state index >= 15 is 0 Å². The molecule has 19 heavy (non-hydrogen) atoms. The first-order valence-corrected chi connectivity index (χ1v) is 6.10. The van der Waals surface area contributed by atoms with Crippen LogP contribution in [0.3, 0.4) is 0 Å². The lowest BCUT2D eigenvalue weighted by Gasteiger charge is -2.05. The molecule has 0 aliphatic rings. The summed E-state index contributed by atoms with van der Waals surface area (Å²) in [6.45, 7) is 0. The van der Waals surface area contributed by atoms with E-state index in [0.29, 0.717) is 15.6 Å². The molecule has 2 aromatic rings. The van der Waals surface area contributed by atoms with Crippen molar-refractivity contribution in [3.63, 3.8) is 0 Å². The van der Waals surface area contributed by atoms with Crippen molar-refractivity contribution in [2.75, 3.05) is 5.43 Å². The summed E-state index contributed by atoms with van der Waals surface area (Å²) in [6, 6.07) is 8.34. The second-order valence-electron chi connectivity index (χ2n) is 3.43. The van der Waals surface area contributed by atoms with Gasteiger partial charge in [-0.2, -0.15) is 0 Å². The number of amides is 2. The molecule has 0 spiro atoms. The number of nitrogens with zero attached hydrogens (tertiary/aromatic N) is 1. The minimum Gasteiger partial charge on any atom is -0.289 e. The molecule has 7 nitrogen and oxygen atoms in total. The Labute approximate surface area is 112 Å². The Morgan fingerprint density at radius 3 is 2.47 bits per heavy atom. The quantitative estimate of drug-likeness (QED) is 0.370. The Bertz CT molecular complexity index is 584. The van der Waals surface area contributed by atoms with Gasteiger partial charge in [-0.15, -0.1) is 11.3 Å². The van der Waals surface area contributed by atoms with E-state index in [2.05, 4.69) is 15.8 Å². The normalized spacial score (nSPS) is 9.74. The van der Waals surface area contributed by atoms with Crippen molar-refractivity contribution < 1.29 is 9.59 Å². The highest BCUT2D eigenvalue weighted by Gasteiger charge is 2.12. The van der Waals surface area contributed by atoms with Gasteiger partial charge in [-0.3, -0.25) is 25.9 Å². The van der Waals surface area contributed by atoms with Crippen molar-refractivity contribution in [3.8, 4) is 0 Å². The summed E-state index contributed by atoms with van der Waals surface area (Å²) in [4.78, 5) is 27.8. The van der Waals surface area contributed by atoms with Gasteiger partial charge in [-0.05, 0) is 24.3 Å². The molecule has 5 N–H and O–H groups in total. The summed E-state index contributed by atoms with van der Waals surface area (Å²) >= 11 is 1.04. The van der Waals surface area contributed by atoms with Crippen LogP contribution in [0.2, 0.25) is 0 Å². The molecule has 0 aromatic carbocycles. The van der Waals surface area contributed by atoms with Crippen LogP contribution in [0.15, 0.2) is 36.5 Å². The molecule has 0 fully saturated rings. The third-order valence-corrected chi connectivity index (χ3v) is 3.24. The SMILES string of the molecule is NNC(=O)c1ccc(C(=O)NNc2ccccn2)s1. The van der Waals surface area contributed by atoms with Crippen LogP contribution in [0.4, 0.5) is 5.82 Å². The average Bonchev–Trinajstić information content (AvgIpc) is 2.95. The van der Waals surface area contributed by atoms with E-state index in [1.165, 1.54) is 6.07 Å². The van der Waals surface area contributed by atoms with Gasteiger partial charge in [-0.25, -0.2) is 10.8 Å². The van der Waals surface area contributed by atoms with Crippen LogP contribution in [0, 0.1) is 0 Å². The molecule has 8 heteroatoms. The molecule has 0 bridgehead atoms. The van der Waals surface area contributed by atoms with E-state index in [1.807, 2.05) is 5.43 Å². The van der Waals surface area contributed by atoms with E-state index < -0.39 is 5.91 Å². The summed E-state index contributed by atoms with van der Waals surface area (Å²) in [6.07, 6.45) is 1.60. The maximum atomic E-state index is 11.8. The van der Waals surface area contributed by atoms with Crippen LogP contribution in [-0.4, -0.2) is 16.8 Å². The number of hydrogen-bond acceptors (Lipinski definition) is 6. The van der Waals surface area contributed by atoms with Gasteiger partial charge in [0.15, 0.2) is 0 Å². The van der Waals surface area contributed by atoms with Crippen molar-refractivity contribution in [1.29, 1.82) is 0 Å². The lowest BCUT2D eigenvalue weighted by molar-refractivity contribution is 0.0954. The third kappa shape index (κ3) is 3.27. The van der Waals surface area contributed by atoms with Gasteiger partial charge in [0.1, 0.15) is 5.82 Å². The lowest BCUT2D eigenvalue weighted by atomic mass is 10.4. The number of aromatic nitrogens is 1. The number of nitrogens with two attached hydrogens (primary N) is 1. The number of pyridine rings is 1. The van der Waals surface area contributed by atoms with Crippen molar-refractivity contribution >= 4 is 29.0 Å². The smallest absolute Gasteiger partial charge is 0.279 e. The number of hydrogen-bond donors (Lipinski definition) is 4. The minimum absolute atomic E-state index is 0.355. The highest BCUT2D eigenvalue weighted by Crippen LogP contribution is 2.16. The predicted octanol–water partition coefficient (Wildman–Crippen LogP) is 0.503. The Kier molecular flexibility index (Phi) is 4.06. The summed E-state index contributed by atoms with van der Waals surface area (Å²) in [7, 11) is 0. The zero-order valence-corrected chi connectivity index (χ0v) is 10.5. The number of nitrogen functional groups attached to an aromatic ring is 1. The molecule has 0 radical (unpaired) electrons. The number of carbonyl (C=O) groups excluding carboxylic acids is 2. The first-order chi connectivity index (χ1) is 9.20. The maximum Gasteiger partial charge on any atom is 0.279 e. The van der Waals surface area contributed by atoms with Crippen LogP contribution in [0.1, 0.15) is 19.3 Å². The zero-order valence-electron chi connectivity index (χ0n) is 9.71. The topological polar surface area (TPSA) is 109 Å². The second kappa shape index (κ2) is 5.94. The number of nitrogens with one attached hydrogen (secondary N) is 3. The highest BCUT2D eigenvalue weighted by molar-refractivity contribution is 7.15. The molecule has 2 aromatic heterocycles. The Hall–Kier alpha value is -2.45. The van der Waals surface area contributed by atoms with Gasteiger partial charge in [0, 0.05) is 6.20 Å². The third-order valence-electron chi connectivity index (χ3n) is 2.15. The fourth-order valence-corrected chi connectivity index (χ4v) is 2.08. The molecule has 2 rings (SSSR count). The monoisotopic (exact) mass is 277 g/mol. The number of rotatable bonds is 4. The van der Waals surface area contributed by atoms with E-state index in [4.69, 9.17) is 5.84 Å². The van der Waals surface area contributed by atoms with Gasteiger partial charge in [-0.1, -0.05) is 6.07 Å². The molecule has 0 saturated heterocycles. The zero-order chi connectivity index (χ0) is 13.7. The second-order valence-corrected chi connectivity index (χ2v) is 4.52. The first-order valence-electron chi connectivity index (χ1n) is 5.29. The Morgan fingerprint density at radius 2 is 1.84 bits per heavy atom. The van der Waals surface area contributed by atoms with E-state index in [1.54, 1.807) is 30.5 Å². The number of thiophene rings is 1. The Balaban J connectivity index is 1.97. The molecule has 0 aliphatic carbocycles. The molecule has 0 unspecified atom stereocenters. The fourth-order valence-electron chi connectivity index (χ4n) is 1.27. The van der Waals surface area contributed by atoms with Crippen molar-refractivity contribution in [3.05, 3.63) is 46.3 Å². The van der Waals surface area contributed by atoms with Crippen LogP contribution in [0.5, 0.6) is 0 Å². The molecule has 2 heterocycles. The number of hydrazine groups is 2. The molecule has 0 aliphatic heterocycles. The van der Waals surface area contributed by atoms with Crippen molar-refractivity contribution in [2.45, 2.75) is 0 Å². The largest absolute Gasteiger partial charge is 0.289 e. The first kappa shape index (κ1) is 13.0. The lowest BCUT2D eigenvalue weighted by Crippen LogP contribution is -2.29. The molecule has 2 amide bonds. The van der Waals surface area contributed by atoms with E-state index in [9.17, 15) is 9.59 Å². The molecule has 0 atom stereocenters. The molecular weight excluding hydrogens is 266 g/mol. The predicted molar refractivity (Wildman–Crippen MR) is 71.3 cm³/mol. The maximum absolute atomic E-state index is 11.8. The summed E-state index contributed by atoms with van der Waals surface area (Å²) in [5.74, 6) is 4.75. The summed E-state index contributed by atoms with van der Waals surface area (Å²) in [5, 5.41) is 0. The molecule has 98 valence electrons. The summed E-state index contributed by atoms with van der Waals surface area (Å²) in [5.41, 5.74) is 7.15. The van der Waals surface area contributed by atoms with Gasteiger partial charge in [0.05, 0.1) is 9.75 Å². The number of carbonyl (C=O) groups is 2. The fraction of sp³-hybridized carbons (Fsp3) is 0.